The molecule has 4 rings (SSSR count). The van der Waals surface area contributed by atoms with Crippen LogP contribution in [-0.4, -0.2) is 57.2 Å². The number of epoxide rings is 1. The van der Waals surface area contributed by atoms with E-state index in [1.807, 2.05) is 6.92 Å². The molecule has 0 radical (unpaired) electrons. The number of carbonyl (C=O) groups excluding carboxylic acids is 1. The summed E-state index contributed by atoms with van der Waals surface area (Å²) < 4.78 is 35.9. The van der Waals surface area contributed by atoms with Gasteiger partial charge in [-0.3, -0.25) is 0 Å². The number of esters is 1. The van der Waals surface area contributed by atoms with Crippen molar-refractivity contribution in [2.45, 2.75) is 154 Å². The van der Waals surface area contributed by atoms with Crippen molar-refractivity contribution in [1.82, 2.24) is 0 Å². The van der Waals surface area contributed by atoms with E-state index in [0.29, 0.717) is 30.6 Å². The molecule has 4 fully saturated rings. The largest absolute Gasteiger partial charge is 0.463 e. The third kappa shape index (κ3) is 10.7. The molecule has 0 aromatic heterocycles. The van der Waals surface area contributed by atoms with Gasteiger partial charge in [-0.2, -0.15) is 0 Å². The van der Waals surface area contributed by atoms with Crippen molar-refractivity contribution in [1.29, 1.82) is 0 Å². The van der Waals surface area contributed by atoms with Gasteiger partial charge in [0, 0.05) is 18.6 Å². The third-order valence-electron chi connectivity index (χ3n) is 9.65. The minimum absolute atomic E-state index is 0.0609. The number of allylic oxidation sites excluding steroid dienone is 3. The predicted molar refractivity (Wildman–Crippen MR) is 168 cm³/mol. The van der Waals surface area contributed by atoms with Crippen LogP contribution in [0.3, 0.4) is 0 Å². The quantitative estimate of drug-likeness (QED) is 0.0414. The Balaban J connectivity index is 1.36. The van der Waals surface area contributed by atoms with Gasteiger partial charge in [-0.1, -0.05) is 49.5 Å². The second-order valence-corrected chi connectivity index (χ2v) is 13.3. The summed E-state index contributed by atoms with van der Waals surface area (Å²) in [6.45, 7) is 12.0. The van der Waals surface area contributed by atoms with E-state index in [1.54, 1.807) is 0 Å². The van der Waals surface area contributed by atoms with Gasteiger partial charge in [-0.25, -0.2) is 4.79 Å². The van der Waals surface area contributed by atoms with Crippen LogP contribution in [0.1, 0.15) is 124 Å². The van der Waals surface area contributed by atoms with Crippen molar-refractivity contribution in [3.8, 4) is 0 Å². The average Bonchev–Trinajstić information content (AvgIpc) is 3.70. The summed E-state index contributed by atoms with van der Waals surface area (Å²) in [4.78, 5) is 12.9. The molecule has 4 unspecified atom stereocenters. The Bertz CT molecular complexity index is 939. The first-order valence-corrected chi connectivity index (χ1v) is 17.2. The summed E-state index contributed by atoms with van der Waals surface area (Å²) in [5, 5.41) is 0. The lowest BCUT2D eigenvalue weighted by Crippen LogP contribution is -2.35. The smallest absolute Gasteiger partial charge is 0.373 e. The van der Waals surface area contributed by atoms with Gasteiger partial charge in [-0.15, -0.1) is 0 Å². The highest BCUT2D eigenvalue weighted by Crippen LogP contribution is 2.46. The van der Waals surface area contributed by atoms with E-state index in [9.17, 15) is 4.79 Å². The zero-order chi connectivity index (χ0) is 30.6. The van der Waals surface area contributed by atoms with Crippen molar-refractivity contribution < 1.29 is 33.2 Å². The van der Waals surface area contributed by atoms with Crippen LogP contribution in [0.15, 0.2) is 35.1 Å². The van der Waals surface area contributed by atoms with Crippen LogP contribution in [0.25, 0.3) is 0 Å². The van der Waals surface area contributed by atoms with Gasteiger partial charge in [0.1, 0.15) is 12.2 Å². The van der Waals surface area contributed by atoms with Gasteiger partial charge in [0.25, 0.3) is 0 Å². The molecule has 1 saturated carbocycles. The molecule has 7 heteroatoms. The summed E-state index contributed by atoms with van der Waals surface area (Å²) in [6.07, 6.45) is 19.1. The number of unbranched alkanes of at least 4 members (excludes halogenated alkanes) is 5. The van der Waals surface area contributed by atoms with Gasteiger partial charge >= 0.3 is 5.97 Å². The Morgan fingerprint density at radius 3 is 2.33 bits per heavy atom. The number of hydrogen-bond acceptors (Lipinski definition) is 7. The van der Waals surface area contributed by atoms with Crippen LogP contribution < -0.4 is 0 Å². The minimum Gasteiger partial charge on any atom is -0.463 e. The average molecular weight is 603 g/mol. The molecule has 0 aromatic carbocycles. The molecule has 7 atom stereocenters. The second kappa shape index (κ2) is 17.7. The van der Waals surface area contributed by atoms with Gasteiger partial charge in [0.2, 0.25) is 5.76 Å². The highest BCUT2D eigenvalue weighted by molar-refractivity contribution is 5.87. The Morgan fingerprint density at radius 1 is 0.953 bits per heavy atom. The van der Waals surface area contributed by atoms with Crippen LogP contribution in [0.2, 0.25) is 0 Å². The van der Waals surface area contributed by atoms with Crippen molar-refractivity contribution in [3.63, 3.8) is 0 Å². The molecule has 3 saturated heterocycles. The van der Waals surface area contributed by atoms with Crippen LogP contribution in [0.5, 0.6) is 0 Å². The van der Waals surface area contributed by atoms with Crippen molar-refractivity contribution >= 4 is 5.97 Å². The second-order valence-electron chi connectivity index (χ2n) is 13.3. The predicted octanol–water partition coefficient (Wildman–Crippen LogP) is 8.33. The van der Waals surface area contributed by atoms with E-state index < -0.39 is 18.4 Å². The Kier molecular flexibility index (Phi) is 14.1. The normalized spacial score (nSPS) is 30.4. The highest BCUT2D eigenvalue weighted by atomic mass is 16.7. The van der Waals surface area contributed by atoms with E-state index in [4.69, 9.17) is 28.4 Å². The lowest BCUT2D eigenvalue weighted by Gasteiger charge is -2.30. The fourth-order valence-electron chi connectivity index (χ4n) is 7.00. The first kappa shape index (κ1) is 34.2. The summed E-state index contributed by atoms with van der Waals surface area (Å²) in [5.41, 5.74) is 3.48. The fourth-order valence-corrected chi connectivity index (χ4v) is 7.00. The number of carbonyl (C=O) groups is 1. The van der Waals surface area contributed by atoms with Gasteiger partial charge in [0.15, 0.2) is 12.6 Å². The molecular formula is C36H58O7. The molecule has 3 aliphatic heterocycles. The zero-order valence-corrected chi connectivity index (χ0v) is 27.4. The molecule has 0 amide bonds. The molecular weight excluding hydrogens is 544 g/mol. The molecule has 0 N–H and O–H groups in total. The molecule has 0 aromatic rings. The zero-order valence-electron chi connectivity index (χ0n) is 27.4. The van der Waals surface area contributed by atoms with E-state index in [1.165, 1.54) is 69.6 Å². The molecule has 0 bridgehead atoms. The van der Waals surface area contributed by atoms with E-state index >= 15 is 0 Å². The van der Waals surface area contributed by atoms with Crippen molar-refractivity contribution in [2.75, 3.05) is 20.3 Å². The van der Waals surface area contributed by atoms with Gasteiger partial charge in [0.05, 0.1) is 19.8 Å². The molecule has 4 aliphatic rings. The maximum Gasteiger partial charge on any atom is 0.373 e. The van der Waals surface area contributed by atoms with Crippen molar-refractivity contribution in [3.05, 3.63) is 35.1 Å². The lowest BCUT2D eigenvalue weighted by atomic mass is 9.85. The number of rotatable bonds is 17. The number of hydrogen-bond donors (Lipinski definition) is 0. The summed E-state index contributed by atoms with van der Waals surface area (Å²) in [7, 11) is 1.38. The number of ether oxygens (including phenoxy) is 6. The van der Waals surface area contributed by atoms with Gasteiger partial charge < -0.3 is 28.4 Å². The maximum absolute atomic E-state index is 12.9. The Labute approximate surface area is 260 Å². The first-order chi connectivity index (χ1) is 20.9. The summed E-state index contributed by atoms with van der Waals surface area (Å²) in [5.74, 6) is 0.824. The molecule has 1 aliphatic carbocycles. The standard InChI is InChI=1S/C36H58O7/c1-25(2)16-10-8-6-7-9-11-17-28-21-20-26(3)29(28)24-30-35(41-30)33(42-31-18-12-14-22-39-31)27(4)34(36(37)38-5)43-32-19-13-15-23-40-32/h16,28-33,35H,3,6-15,17-24H2,1-2,4-5H3/t28-,29-,30+,31?,32?,33?,35?/m0/s1. The highest BCUT2D eigenvalue weighted by Gasteiger charge is 2.50. The summed E-state index contributed by atoms with van der Waals surface area (Å²) in [6, 6.07) is 0. The third-order valence-corrected chi connectivity index (χ3v) is 9.65. The van der Waals surface area contributed by atoms with Crippen LogP contribution in [0.4, 0.5) is 0 Å². The van der Waals surface area contributed by atoms with Crippen LogP contribution in [0, 0.1) is 11.8 Å². The SMILES string of the molecule is C=C1CC[C@H](CCCCCCCC=C(C)C)[C@H]1C[C@H]1OC1C(OC1CCCCO1)C(C)=C(OC1CCCCO1)C(=O)OC. The van der Waals surface area contributed by atoms with Gasteiger partial charge in [-0.05, 0) is 103 Å². The Hall–Kier alpha value is -1.67. The van der Waals surface area contributed by atoms with Crippen molar-refractivity contribution in [2.24, 2.45) is 11.8 Å². The monoisotopic (exact) mass is 602 g/mol. The van der Waals surface area contributed by atoms with E-state index in [0.717, 1.165) is 51.4 Å². The number of methoxy groups -OCH3 is 1. The van der Waals surface area contributed by atoms with E-state index in [2.05, 4.69) is 26.5 Å². The molecule has 43 heavy (non-hydrogen) atoms. The minimum atomic E-state index is -0.511. The lowest BCUT2D eigenvalue weighted by molar-refractivity contribution is -0.186. The molecule has 244 valence electrons. The topological polar surface area (TPSA) is 75.8 Å². The van der Waals surface area contributed by atoms with Crippen LogP contribution in [-0.2, 0) is 33.2 Å². The maximum atomic E-state index is 12.9. The molecule has 0 spiro atoms. The fraction of sp³-hybridized carbons (Fsp3) is 0.806. The Morgan fingerprint density at radius 2 is 1.65 bits per heavy atom. The van der Waals surface area contributed by atoms with Crippen LogP contribution >= 0.6 is 0 Å². The molecule has 3 heterocycles. The molecule has 7 nitrogen and oxygen atoms in total. The first-order valence-electron chi connectivity index (χ1n) is 17.2. The van der Waals surface area contributed by atoms with E-state index in [-0.39, 0.29) is 24.3 Å². The summed E-state index contributed by atoms with van der Waals surface area (Å²) >= 11 is 0.